The molecule has 1 N–H and O–H groups in total. The van der Waals surface area contributed by atoms with Gasteiger partial charge in [-0.15, -0.1) is 0 Å². The Balaban J connectivity index is 1.92. The van der Waals surface area contributed by atoms with E-state index in [1.807, 2.05) is 0 Å². The van der Waals surface area contributed by atoms with Crippen LogP contribution in [0.2, 0.25) is 0 Å². The topological polar surface area (TPSA) is 80.6 Å². The summed E-state index contributed by atoms with van der Waals surface area (Å²) in [4.78, 5) is 38.9. The number of aryl methyl sites for hydroxylation is 1. The molecule has 0 saturated heterocycles. The molecule has 1 aromatic heterocycles. The molecule has 33 heavy (non-hydrogen) atoms. The third-order valence-corrected chi connectivity index (χ3v) is 5.86. The van der Waals surface area contributed by atoms with Crippen LogP contribution in [0.15, 0.2) is 41.2 Å². The first-order valence-electron chi connectivity index (χ1n) is 10.2. The number of anilines is 1. The quantitative estimate of drug-likeness (QED) is 0.603. The molecule has 10 heteroatoms. The highest BCUT2D eigenvalue weighted by Gasteiger charge is 2.28. The van der Waals surface area contributed by atoms with E-state index in [0.29, 0.717) is 11.2 Å². The first-order chi connectivity index (χ1) is 15.3. The molecule has 2 aromatic carbocycles. The van der Waals surface area contributed by atoms with E-state index >= 15 is 0 Å². The fourth-order valence-electron chi connectivity index (χ4n) is 3.30. The molecule has 0 aliphatic rings. The first kappa shape index (κ1) is 24.4. The Morgan fingerprint density at radius 3 is 2.39 bits per heavy atom. The maximum Gasteiger partial charge on any atom is 0.408 e. The molecule has 0 spiro atoms. The van der Waals surface area contributed by atoms with Gasteiger partial charge < -0.3 is 19.5 Å². The van der Waals surface area contributed by atoms with Crippen LogP contribution < -0.4 is 15.1 Å². The monoisotopic (exact) mass is 477 g/mol. The molecule has 176 valence electrons. The number of hydrogen-bond acceptors (Lipinski definition) is 5. The van der Waals surface area contributed by atoms with Crippen LogP contribution >= 0.6 is 11.3 Å². The summed E-state index contributed by atoms with van der Waals surface area (Å²) in [5.41, 5.74) is 0.544. The summed E-state index contributed by atoms with van der Waals surface area (Å²) in [6.07, 6.45) is -0.988. The predicted molar refractivity (Wildman–Crippen MR) is 124 cm³/mol. The minimum Gasteiger partial charge on any atom is -0.444 e. The van der Waals surface area contributed by atoms with E-state index in [1.165, 1.54) is 16.5 Å². The Bertz CT molecular complexity index is 1240. The summed E-state index contributed by atoms with van der Waals surface area (Å²) in [6.45, 7) is 5.04. The summed E-state index contributed by atoms with van der Waals surface area (Å²) in [5, 5.41) is 2.51. The van der Waals surface area contributed by atoms with Crippen LogP contribution in [-0.2, 0) is 23.0 Å². The van der Waals surface area contributed by atoms with Gasteiger partial charge in [0.15, 0.2) is 0 Å². The number of aromatic nitrogens is 1. The van der Waals surface area contributed by atoms with Crippen LogP contribution in [0.5, 0.6) is 0 Å². The predicted octanol–water partition coefficient (Wildman–Crippen LogP) is 3.98. The summed E-state index contributed by atoms with van der Waals surface area (Å²) in [5.74, 6) is -2.10. The average molecular weight is 478 g/mol. The zero-order valence-electron chi connectivity index (χ0n) is 18.9. The molecule has 1 heterocycles. The van der Waals surface area contributed by atoms with Crippen LogP contribution in [0.25, 0.3) is 10.2 Å². The summed E-state index contributed by atoms with van der Waals surface area (Å²) in [6, 6.07) is 6.89. The number of fused-ring (bicyclic) bond motifs is 1. The van der Waals surface area contributed by atoms with Crippen molar-refractivity contribution in [2.75, 3.05) is 11.9 Å². The largest absolute Gasteiger partial charge is 0.444 e. The Labute approximate surface area is 193 Å². The highest BCUT2D eigenvalue weighted by Crippen LogP contribution is 2.24. The molecule has 3 aromatic rings. The molecular weight excluding hydrogens is 452 g/mol. The average Bonchev–Trinajstić information content (AvgIpc) is 2.97. The molecule has 0 bridgehead atoms. The van der Waals surface area contributed by atoms with Gasteiger partial charge in [-0.2, -0.15) is 0 Å². The fraction of sp³-hybridized carbons (Fsp3) is 0.348. The van der Waals surface area contributed by atoms with Crippen LogP contribution in [0.3, 0.4) is 0 Å². The third-order valence-electron chi connectivity index (χ3n) is 4.84. The summed E-state index contributed by atoms with van der Waals surface area (Å²) < 4.78 is 34.9. The van der Waals surface area contributed by atoms with E-state index in [4.69, 9.17) is 4.74 Å². The smallest absolute Gasteiger partial charge is 0.408 e. The number of nitrogens with zero attached hydrogens (tertiary/aromatic N) is 2. The van der Waals surface area contributed by atoms with Gasteiger partial charge in [0.05, 0.1) is 10.2 Å². The van der Waals surface area contributed by atoms with E-state index < -0.39 is 35.3 Å². The van der Waals surface area contributed by atoms with E-state index in [0.717, 1.165) is 34.2 Å². The van der Waals surface area contributed by atoms with Crippen LogP contribution in [-0.4, -0.2) is 35.3 Å². The number of halogens is 2. The lowest BCUT2D eigenvalue weighted by molar-refractivity contribution is -0.120. The molecule has 3 rings (SSSR count). The lowest BCUT2D eigenvalue weighted by atomic mass is 10.0. The number of carbonyl (C=O) groups excluding carboxylic acids is 2. The number of nitrogens with one attached hydrogen (secondary N) is 1. The molecule has 0 aliphatic carbocycles. The Kier molecular flexibility index (Phi) is 6.87. The number of rotatable bonds is 5. The Hall–Kier alpha value is -3.27. The molecule has 0 fully saturated rings. The summed E-state index contributed by atoms with van der Waals surface area (Å²) in [7, 11) is 3.15. The molecule has 0 aliphatic heterocycles. The maximum absolute atomic E-state index is 13.7. The molecule has 2 amide bonds. The second-order valence-electron chi connectivity index (χ2n) is 8.66. The van der Waals surface area contributed by atoms with E-state index in [9.17, 15) is 23.2 Å². The molecule has 0 saturated carbocycles. The van der Waals surface area contributed by atoms with Crippen molar-refractivity contribution >= 4 is 39.2 Å². The Morgan fingerprint density at radius 2 is 1.79 bits per heavy atom. The van der Waals surface area contributed by atoms with Crippen LogP contribution in [0, 0.1) is 11.6 Å². The maximum atomic E-state index is 13.7. The van der Waals surface area contributed by atoms with Gasteiger partial charge in [-0.3, -0.25) is 9.59 Å². The number of hydrogen-bond donors (Lipinski definition) is 1. The SMILES string of the molecule is CN(C(=O)[C@H](Cc1cc(F)cc(F)c1)NC(=O)OC(C)(C)C)c1ccc2sc(=O)n(C)c2c1. The standard InChI is InChI=1S/C23H25F2N3O4S/c1-23(2,3)32-21(30)26-17(10-13-8-14(24)11-15(25)9-13)20(29)27(4)16-6-7-19-18(12-16)28(5)22(31)33-19/h6-9,11-12,17H,10H2,1-5H3,(H,26,30)/t17-/m0/s1. The lowest BCUT2D eigenvalue weighted by Gasteiger charge is -2.27. The van der Waals surface area contributed by atoms with E-state index in [1.54, 1.807) is 46.0 Å². The minimum absolute atomic E-state index is 0.131. The molecule has 7 nitrogen and oxygen atoms in total. The van der Waals surface area contributed by atoms with Gasteiger partial charge in [0.2, 0.25) is 5.91 Å². The van der Waals surface area contributed by atoms with Crippen molar-refractivity contribution in [1.82, 2.24) is 9.88 Å². The van der Waals surface area contributed by atoms with Crippen molar-refractivity contribution in [1.29, 1.82) is 0 Å². The Morgan fingerprint density at radius 1 is 1.15 bits per heavy atom. The normalized spacial score (nSPS) is 12.5. The van der Waals surface area contributed by atoms with Gasteiger partial charge in [0, 0.05) is 32.3 Å². The van der Waals surface area contributed by atoms with Crippen molar-refractivity contribution in [3.63, 3.8) is 0 Å². The minimum atomic E-state index is -1.16. The second-order valence-corrected chi connectivity index (χ2v) is 9.65. The zero-order valence-corrected chi connectivity index (χ0v) is 19.8. The second kappa shape index (κ2) is 9.30. The van der Waals surface area contributed by atoms with Crippen molar-refractivity contribution in [2.45, 2.75) is 38.8 Å². The van der Waals surface area contributed by atoms with Crippen molar-refractivity contribution in [2.24, 2.45) is 7.05 Å². The fourth-order valence-corrected chi connectivity index (χ4v) is 4.16. The molecule has 0 unspecified atom stereocenters. The van der Waals surface area contributed by atoms with Gasteiger partial charge >= 0.3 is 11.0 Å². The van der Waals surface area contributed by atoms with Crippen molar-refractivity contribution < 1.29 is 23.1 Å². The highest BCUT2D eigenvalue weighted by molar-refractivity contribution is 7.16. The van der Waals surface area contributed by atoms with Gasteiger partial charge in [-0.1, -0.05) is 11.3 Å². The van der Waals surface area contributed by atoms with E-state index in [2.05, 4.69) is 5.32 Å². The molecule has 1 atom stereocenters. The van der Waals surface area contributed by atoms with Crippen LogP contribution in [0.4, 0.5) is 19.3 Å². The molecule has 0 radical (unpaired) electrons. The van der Waals surface area contributed by atoms with Gasteiger partial charge in [0.1, 0.15) is 23.3 Å². The number of alkyl carbamates (subject to hydrolysis) is 1. The number of carbonyl (C=O) groups is 2. The van der Waals surface area contributed by atoms with Crippen molar-refractivity contribution in [3.05, 3.63) is 63.3 Å². The third kappa shape index (κ3) is 5.95. The van der Waals surface area contributed by atoms with Crippen molar-refractivity contribution in [3.8, 4) is 0 Å². The number of likely N-dealkylation sites (N-methyl/N-ethyl adjacent to an activating group) is 1. The van der Waals surface area contributed by atoms with Crippen LogP contribution in [0.1, 0.15) is 26.3 Å². The number of thiazole rings is 1. The number of amides is 2. The molecular formula is C23H25F2N3O4S. The number of benzene rings is 2. The van der Waals surface area contributed by atoms with E-state index in [-0.39, 0.29) is 16.9 Å². The number of ether oxygens (including phenoxy) is 1. The zero-order chi connectivity index (χ0) is 24.5. The van der Waals surface area contributed by atoms with Gasteiger partial charge in [-0.25, -0.2) is 13.6 Å². The van der Waals surface area contributed by atoms with Gasteiger partial charge in [0.25, 0.3) is 0 Å². The first-order valence-corrected chi connectivity index (χ1v) is 11.0. The summed E-state index contributed by atoms with van der Waals surface area (Å²) >= 11 is 1.09. The van der Waals surface area contributed by atoms with Gasteiger partial charge in [-0.05, 0) is 56.7 Å². The highest BCUT2D eigenvalue weighted by atomic mass is 32.1. The lowest BCUT2D eigenvalue weighted by Crippen LogP contribution is -2.50.